The predicted molar refractivity (Wildman–Crippen MR) is 243 cm³/mol. The SMILES string of the molecule is O=C1c2ccccc2C(=O)c2c1ccc1c(=O)[nH]c(C3C(=O)c4ccc5c6c(ccc(c46)C3=O)C(=O)N(c3ccc(Oc4cccc(Oc6ccccc6)c4)cc3C3CCCC3)C5=O)nc21. The number of fused-ring (bicyclic) bond motifs is 4. The fourth-order valence-electron chi connectivity index (χ4n) is 10.2. The van der Waals surface area contributed by atoms with E-state index < -0.39 is 46.4 Å². The Morgan fingerprint density at radius 2 is 1.08 bits per heavy atom. The molecule has 0 radical (unpaired) electrons. The van der Waals surface area contributed by atoms with Crippen LogP contribution in [0.2, 0.25) is 0 Å². The van der Waals surface area contributed by atoms with Crippen molar-refractivity contribution in [1.29, 1.82) is 0 Å². The number of para-hydroxylation sites is 1. The fraction of sp³-hybridized carbons (Fsp3) is 0.111. The summed E-state index contributed by atoms with van der Waals surface area (Å²) < 4.78 is 12.4. The minimum absolute atomic E-state index is 0.00640. The lowest BCUT2D eigenvalue weighted by Gasteiger charge is -2.32. The average Bonchev–Trinajstić information content (AvgIpc) is 3.88. The summed E-state index contributed by atoms with van der Waals surface area (Å²) in [6, 6.07) is 37.1. The largest absolute Gasteiger partial charge is 0.457 e. The molecule has 12 rings (SSSR count). The van der Waals surface area contributed by atoms with Crippen LogP contribution < -0.4 is 19.9 Å². The molecule has 7 aromatic carbocycles. The molecular formula is C54H33N3O9. The normalized spacial score (nSPS) is 15.7. The lowest BCUT2D eigenvalue weighted by molar-refractivity contribution is 0.0842. The van der Waals surface area contributed by atoms with Crippen molar-refractivity contribution in [1.82, 2.24) is 9.97 Å². The number of carbonyl (C=O) groups excluding carboxylic acids is 6. The molecular weight excluding hydrogens is 835 g/mol. The van der Waals surface area contributed by atoms with E-state index in [1.165, 1.54) is 47.4 Å². The smallest absolute Gasteiger partial charge is 0.265 e. The Kier molecular flexibility index (Phi) is 8.69. The van der Waals surface area contributed by atoms with Gasteiger partial charge in [-0.1, -0.05) is 61.4 Å². The molecule has 0 spiro atoms. The Labute approximate surface area is 374 Å². The first-order valence-electron chi connectivity index (χ1n) is 21.6. The van der Waals surface area contributed by atoms with Gasteiger partial charge in [0.05, 0.1) is 22.2 Å². The summed E-state index contributed by atoms with van der Waals surface area (Å²) in [6.45, 7) is 0. The molecule has 66 heavy (non-hydrogen) atoms. The van der Waals surface area contributed by atoms with E-state index in [9.17, 15) is 33.6 Å². The Bertz CT molecular complexity index is 3540. The number of carbonyl (C=O) groups is 6. The number of ketones is 4. The van der Waals surface area contributed by atoms with Gasteiger partial charge >= 0.3 is 0 Å². The first-order chi connectivity index (χ1) is 32.1. The number of rotatable bonds is 7. The van der Waals surface area contributed by atoms with Crippen LogP contribution in [0.5, 0.6) is 23.0 Å². The number of nitrogens with one attached hydrogen (secondary N) is 1. The lowest BCUT2D eigenvalue weighted by atomic mass is 9.76. The molecule has 1 N–H and O–H groups in total. The minimum atomic E-state index is -1.63. The molecule has 3 aliphatic carbocycles. The standard InChI is InChI=1S/C54H33N3O9/c58-47-32-15-6-7-16-33(32)48(59)44-36(47)20-23-39-46(44)55-51(56-52(39)62)45-49(60)34-18-21-37-43-38(22-19-35(42(34)43)50(45)61)54(64)57(53(37)63)41-24-17-31(26-40(41)27-9-4-5-10-27)66-30-14-8-13-29(25-30)65-28-11-2-1-3-12-28/h1-3,6-8,11-27,45H,4-5,9-10H2,(H,55,56,62). The van der Waals surface area contributed by atoms with E-state index in [-0.39, 0.29) is 77.9 Å². The number of H-pyrrole nitrogens is 1. The van der Waals surface area contributed by atoms with Gasteiger partial charge in [0.2, 0.25) is 0 Å². The quantitative estimate of drug-likeness (QED) is 0.120. The number of hydrogen-bond acceptors (Lipinski definition) is 10. The van der Waals surface area contributed by atoms with Crippen LogP contribution in [0.3, 0.4) is 0 Å². The summed E-state index contributed by atoms with van der Waals surface area (Å²) in [5.41, 5.74) is 1.16. The van der Waals surface area contributed by atoms with Gasteiger partial charge in [0.25, 0.3) is 17.4 Å². The van der Waals surface area contributed by atoms with E-state index in [0.717, 1.165) is 31.2 Å². The van der Waals surface area contributed by atoms with Crippen LogP contribution >= 0.6 is 0 Å². The summed E-state index contributed by atoms with van der Waals surface area (Å²) in [5.74, 6) is -3.12. The highest BCUT2D eigenvalue weighted by atomic mass is 16.5. The highest BCUT2D eigenvalue weighted by Crippen LogP contribution is 2.46. The van der Waals surface area contributed by atoms with Gasteiger partial charge in [-0.15, -0.1) is 0 Å². The van der Waals surface area contributed by atoms with Crippen LogP contribution in [-0.4, -0.2) is 44.9 Å². The molecule has 1 fully saturated rings. The number of Topliss-reactive ketones (excluding diaryl/α,β-unsaturated/α-hetero) is 2. The summed E-state index contributed by atoms with van der Waals surface area (Å²) >= 11 is 0. The summed E-state index contributed by atoms with van der Waals surface area (Å²) in [5, 5.41) is 0.355. The van der Waals surface area contributed by atoms with Gasteiger partial charge in [-0.05, 0) is 103 Å². The van der Waals surface area contributed by atoms with E-state index in [4.69, 9.17) is 9.47 Å². The second-order valence-corrected chi connectivity index (χ2v) is 16.9. The molecule has 4 aliphatic rings. The highest BCUT2D eigenvalue weighted by Gasteiger charge is 2.44. The van der Waals surface area contributed by atoms with E-state index in [0.29, 0.717) is 28.7 Å². The van der Waals surface area contributed by atoms with Crippen LogP contribution in [0.15, 0.2) is 138 Å². The average molecular weight is 868 g/mol. The first kappa shape index (κ1) is 39.0. The first-order valence-corrected chi connectivity index (χ1v) is 21.6. The Morgan fingerprint density at radius 1 is 0.515 bits per heavy atom. The summed E-state index contributed by atoms with van der Waals surface area (Å²) in [6.07, 6.45) is 3.70. The van der Waals surface area contributed by atoms with Crippen LogP contribution in [0.25, 0.3) is 21.7 Å². The van der Waals surface area contributed by atoms with Gasteiger partial charge in [0.1, 0.15) is 34.7 Å². The maximum absolute atomic E-state index is 14.7. The third kappa shape index (κ3) is 5.84. The molecule has 1 saturated carbocycles. The van der Waals surface area contributed by atoms with E-state index in [2.05, 4.69) is 9.97 Å². The zero-order valence-corrected chi connectivity index (χ0v) is 34.8. The van der Waals surface area contributed by atoms with Gasteiger partial charge in [0.15, 0.2) is 23.1 Å². The number of aromatic nitrogens is 2. The third-order valence-electron chi connectivity index (χ3n) is 13.2. The van der Waals surface area contributed by atoms with Crippen molar-refractivity contribution in [2.24, 2.45) is 0 Å². The molecule has 0 unspecified atom stereocenters. The fourth-order valence-corrected chi connectivity index (χ4v) is 10.2. The summed E-state index contributed by atoms with van der Waals surface area (Å²) in [7, 11) is 0. The number of aromatic amines is 1. The van der Waals surface area contributed by atoms with Gasteiger partial charge in [-0.2, -0.15) is 0 Å². The second kappa shape index (κ2) is 14.7. The number of nitrogens with zero attached hydrogens (tertiary/aromatic N) is 2. The van der Waals surface area contributed by atoms with Gasteiger partial charge < -0.3 is 14.5 Å². The predicted octanol–water partition coefficient (Wildman–Crippen LogP) is 10.1. The molecule has 0 bridgehead atoms. The zero-order chi connectivity index (χ0) is 45.0. The number of benzene rings is 7. The third-order valence-corrected chi connectivity index (χ3v) is 13.2. The lowest BCUT2D eigenvalue weighted by Crippen LogP contribution is -2.42. The maximum Gasteiger partial charge on any atom is 0.265 e. The Hall–Kier alpha value is -8.64. The van der Waals surface area contributed by atoms with E-state index in [1.54, 1.807) is 36.4 Å². The molecule has 8 aromatic rings. The Balaban J connectivity index is 0.902. The van der Waals surface area contributed by atoms with Crippen molar-refractivity contribution >= 4 is 62.3 Å². The zero-order valence-electron chi connectivity index (χ0n) is 34.8. The minimum Gasteiger partial charge on any atom is -0.457 e. The number of hydrogen-bond donors (Lipinski definition) is 1. The molecule has 0 saturated heterocycles. The van der Waals surface area contributed by atoms with Crippen molar-refractivity contribution in [3.05, 3.63) is 200 Å². The van der Waals surface area contributed by atoms with Gasteiger partial charge in [-0.3, -0.25) is 33.6 Å². The molecule has 12 heteroatoms. The maximum atomic E-state index is 14.7. The van der Waals surface area contributed by atoms with Crippen LogP contribution in [0, 0.1) is 0 Å². The van der Waals surface area contributed by atoms with Crippen LogP contribution in [-0.2, 0) is 0 Å². The topological polar surface area (TPSA) is 170 Å². The number of anilines is 1. The molecule has 12 nitrogen and oxygen atoms in total. The van der Waals surface area contributed by atoms with Gasteiger partial charge in [0, 0.05) is 55.8 Å². The van der Waals surface area contributed by atoms with Crippen LogP contribution in [0.1, 0.15) is 122 Å². The molecule has 1 aliphatic heterocycles. The molecule has 2 heterocycles. The van der Waals surface area contributed by atoms with Crippen molar-refractivity contribution in [3.8, 4) is 23.0 Å². The Morgan fingerprint density at radius 3 is 1.76 bits per heavy atom. The number of imide groups is 1. The van der Waals surface area contributed by atoms with E-state index >= 15 is 0 Å². The number of ether oxygens (including phenoxy) is 2. The second-order valence-electron chi connectivity index (χ2n) is 16.9. The van der Waals surface area contributed by atoms with Crippen molar-refractivity contribution in [2.45, 2.75) is 37.5 Å². The summed E-state index contributed by atoms with van der Waals surface area (Å²) in [4.78, 5) is 108. The monoisotopic (exact) mass is 867 g/mol. The van der Waals surface area contributed by atoms with Crippen molar-refractivity contribution in [3.63, 3.8) is 0 Å². The van der Waals surface area contributed by atoms with Gasteiger partial charge in [-0.25, -0.2) is 9.88 Å². The highest BCUT2D eigenvalue weighted by molar-refractivity contribution is 6.41. The van der Waals surface area contributed by atoms with E-state index in [1.807, 2.05) is 54.6 Å². The molecule has 1 aromatic heterocycles. The number of amides is 2. The van der Waals surface area contributed by atoms with Crippen molar-refractivity contribution in [2.75, 3.05) is 4.90 Å². The van der Waals surface area contributed by atoms with Crippen LogP contribution in [0.4, 0.5) is 5.69 Å². The molecule has 2 amide bonds. The molecule has 318 valence electrons. The molecule has 0 atom stereocenters. The van der Waals surface area contributed by atoms with Crippen molar-refractivity contribution < 1.29 is 38.2 Å².